The van der Waals surface area contributed by atoms with E-state index in [1.807, 2.05) is 0 Å². The highest BCUT2D eigenvalue weighted by Gasteiger charge is 2.37. The second-order valence-corrected chi connectivity index (χ2v) is 4.10. The van der Waals surface area contributed by atoms with Gasteiger partial charge in [-0.3, -0.25) is 10.1 Å². The van der Waals surface area contributed by atoms with Gasteiger partial charge in [0.2, 0.25) is 0 Å². The molecule has 1 aromatic carbocycles. The van der Waals surface area contributed by atoms with Gasteiger partial charge in [0.25, 0.3) is 5.69 Å². The molecular weight excluding hydrogens is 308 g/mol. The van der Waals surface area contributed by atoms with Crippen LogP contribution in [-0.2, 0) is 6.18 Å². The minimum Gasteiger partial charge on any atom is -0.390 e. The van der Waals surface area contributed by atoms with Crippen LogP contribution < -0.4 is 5.32 Å². The Balaban J connectivity index is 3.18. The van der Waals surface area contributed by atoms with E-state index in [1.54, 1.807) is 0 Å². The van der Waals surface area contributed by atoms with E-state index in [9.17, 15) is 27.7 Å². The van der Waals surface area contributed by atoms with E-state index in [2.05, 4.69) is 5.32 Å². The van der Waals surface area contributed by atoms with Crippen molar-refractivity contribution in [2.45, 2.75) is 12.3 Å². The van der Waals surface area contributed by atoms with Crippen molar-refractivity contribution in [2.24, 2.45) is 0 Å². The summed E-state index contributed by atoms with van der Waals surface area (Å²) < 4.78 is 50.7. The molecular formula is C10H9ClF4N2O3. The van der Waals surface area contributed by atoms with Crippen LogP contribution in [0.15, 0.2) is 12.1 Å². The molecule has 10 heteroatoms. The van der Waals surface area contributed by atoms with Gasteiger partial charge in [-0.25, -0.2) is 4.39 Å². The molecule has 0 aliphatic carbocycles. The Morgan fingerprint density at radius 3 is 2.50 bits per heavy atom. The fourth-order valence-electron chi connectivity index (χ4n) is 1.35. The first kappa shape index (κ1) is 16.4. The topological polar surface area (TPSA) is 75.4 Å². The number of nitrogens with one attached hydrogen (secondary N) is 1. The van der Waals surface area contributed by atoms with Crippen molar-refractivity contribution in [3.63, 3.8) is 0 Å². The zero-order valence-corrected chi connectivity index (χ0v) is 10.5. The maximum absolute atomic E-state index is 13.3. The standard InChI is InChI=1S/C10H9ClF4N2O3/c11-3-5(18)4-16-8-2-7(12)6(10(13,14)15)1-9(8)17(19)20/h1-2,5,16,18H,3-4H2. The molecule has 1 aromatic rings. The van der Waals surface area contributed by atoms with Crippen molar-refractivity contribution in [3.8, 4) is 0 Å². The van der Waals surface area contributed by atoms with E-state index in [4.69, 9.17) is 16.7 Å². The van der Waals surface area contributed by atoms with Crippen LogP contribution in [0.5, 0.6) is 0 Å². The molecule has 5 nitrogen and oxygen atoms in total. The van der Waals surface area contributed by atoms with Gasteiger partial charge in [0.05, 0.1) is 22.5 Å². The molecule has 0 aliphatic heterocycles. The molecule has 0 aromatic heterocycles. The van der Waals surface area contributed by atoms with Crippen LogP contribution in [-0.4, -0.2) is 28.6 Å². The molecule has 1 unspecified atom stereocenters. The van der Waals surface area contributed by atoms with Crippen LogP contribution in [0.4, 0.5) is 28.9 Å². The van der Waals surface area contributed by atoms with Crippen LogP contribution in [0.3, 0.4) is 0 Å². The molecule has 112 valence electrons. The molecule has 0 bridgehead atoms. The molecule has 1 atom stereocenters. The van der Waals surface area contributed by atoms with Crippen molar-refractivity contribution >= 4 is 23.0 Å². The molecule has 2 N–H and O–H groups in total. The third-order valence-electron chi connectivity index (χ3n) is 2.29. The number of nitro benzene ring substituents is 1. The van der Waals surface area contributed by atoms with Crippen LogP contribution in [0, 0.1) is 15.9 Å². The predicted octanol–water partition coefficient (Wildman–Crippen LogP) is 2.76. The highest BCUT2D eigenvalue weighted by Crippen LogP contribution is 2.37. The second-order valence-electron chi connectivity index (χ2n) is 3.79. The smallest absolute Gasteiger partial charge is 0.390 e. The molecule has 0 saturated carbocycles. The monoisotopic (exact) mass is 316 g/mol. The average molecular weight is 317 g/mol. The Labute approximate surface area is 115 Å². The van der Waals surface area contributed by atoms with E-state index >= 15 is 0 Å². The molecule has 0 fully saturated rings. The van der Waals surface area contributed by atoms with E-state index in [-0.39, 0.29) is 18.5 Å². The van der Waals surface area contributed by atoms with Crippen molar-refractivity contribution in [3.05, 3.63) is 33.6 Å². The summed E-state index contributed by atoms with van der Waals surface area (Å²) in [7, 11) is 0. The first-order valence-corrected chi connectivity index (χ1v) is 5.73. The van der Waals surface area contributed by atoms with Gasteiger partial charge in [0.15, 0.2) is 0 Å². The molecule has 0 spiro atoms. The highest BCUT2D eigenvalue weighted by molar-refractivity contribution is 6.18. The summed E-state index contributed by atoms with van der Waals surface area (Å²) >= 11 is 5.29. The lowest BCUT2D eigenvalue weighted by atomic mass is 10.1. The number of nitro groups is 1. The van der Waals surface area contributed by atoms with Gasteiger partial charge in [-0.2, -0.15) is 13.2 Å². The van der Waals surface area contributed by atoms with E-state index in [0.29, 0.717) is 6.07 Å². The number of nitrogens with zero attached hydrogens (tertiary/aromatic N) is 1. The number of benzene rings is 1. The largest absolute Gasteiger partial charge is 0.419 e. The van der Waals surface area contributed by atoms with Crippen molar-refractivity contribution < 1.29 is 27.6 Å². The number of rotatable bonds is 5. The van der Waals surface area contributed by atoms with Gasteiger partial charge in [0, 0.05) is 18.7 Å². The van der Waals surface area contributed by atoms with E-state index < -0.39 is 40.0 Å². The van der Waals surface area contributed by atoms with Crippen molar-refractivity contribution in [2.75, 3.05) is 17.7 Å². The SMILES string of the molecule is O=[N+]([O-])c1cc(C(F)(F)F)c(F)cc1NCC(O)CCl. The Hall–Kier alpha value is -1.61. The summed E-state index contributed by atoms with van der Waals surface area (Å²) in [6.07, 6.45) is -6.12. The Morgan fingerprint density at radius 2 is 2.05 bits per heavy atom. The van der Waals surface area contributed by atoms with Crippen LogP contribution in [0.25, 0.3) is 0 Å². The summed E-state index contributed by atoms with van der Waals surface area (Å²) in [6, 6.07) is 0.465. The average Bonchev–Trinajstić information content (AvgIpc) is 2.33. The van der Waals surface area contributed by atoms with Gasteiger partial charge < -0.3 is 10.4 Å². The molecule has 0 amide bonds. The minimum atomic E-state index is -5.04. The third-order valence-corrected chi connectivity index (χ3v) is 2.65. The number of aliphatic hydroxyl groups excluding tert-OH is 1. The lowest BCUT2D eigenvalue weighted by Gasteiger charge is -2.13. The van der Waals surface area contributed by atoms with E-state index in [1.165, 1.54) is 0 Å². The normalized spacial score (nSPS) is 13.1. The number of alkyl halides is 4. The van der Waals surface area contributed by atoms with Crippen molar-refractivity contribution in [1.29, 1.82) is 0 Å². The van der Waals surface area contributed by atoms with Gasteiger partial charge in [-0.1, -0.05) is 0 Å². The summed E-state index contributed by atoms with van der Waals surface area (Å²) in [6.45, 7) is -0.269. The third kappa shape index (κ3) is 3.94. The van der Waals surface area contributed by atoms with Crippen molar-refractivity contribution in [1.82, 2.24) is 0 Å². The zero-order valence-electron chi connectivity index (χ0n) is 9.75. The minimum absolute atomic E-state index is 0.102. The second kappa shape index (κ2) is 6.23. The molecule has 1 rings (SSSR count). The lowest BCUT2D eigenvalue weighted by Crippen LogP contribution is -2.21. The summed E-state index contributed by atoms with van der Waals surface area (Å²) in [5.74, 6) is -1.84. The predicted molar refractivity (Wildman–Crippen MR) is 63.3 cm³/mol. The number of aliphatic hydroxyl groups is 1. The molecule has 0 radical (unpaired) electrons. The number of hydrogen-bond donors (Lipinski definition) is 2. The van der Waals surface area contributed by atoms with Crippen LogP contribution in [0.2, 0.25) is 0 Å². The van der Waals surface area contributed by atoms with Gasteiger partial charge in [-0.15, -0.1) is 11.6 Å². The fourth-order valence-corrected chi connectivity index (χ4v) is 1.46. The maximum atomic E-state index is 13.3. The van der Waals surface area contributed by atoms with Crippen LogP contribution >= 0.6 is 11.6 Å². The van der Waals surface area contributed by atoms with Gasteiger partial charge in [-0.05, 0) is 0 Å². The number of halogens is 5. The molecule has 0 heterocycles. The maximum Gasteiger partial charge on any atom is 0.419 e. The quantitative estimate of drug-likeness (QED) is 0.379. The summed E-state index contributed by atoms with van der Waals surface area (Å²) in [4.78, 5) is 9.63. The number of hydrogen-bond acceptors (Lipinski definition) is 4. The molecule has 0 saturated heterocycles. The first-order chi connectivity index (χ1) is 9.16. The van der Waals surface area contributed by atoms with Gasteiger partial charge >= 0.3 is 6.18 Å². The molecule has 20 heavy (non-hydrogen) atoms. The highest BCUT2D eigenvalue weighted by atomic mass is 35.5. The summed E-state index contributed by atoms with van der Waals surface area (Å²) in [5.41, 5.74) is -3.14. The van der Waals surface area contributed by atoms with E-state index in [0.717, 1.165) is 0 Å². The summed E-state index contributed by atoms with van der Waals surface area (Å²) in [5, 5.41) is 22.2. The Kier molecular flexibility index (Phi) is 5.12. The van der Waals surface area contributed by atoms with Crippen LogP contribution in [0.1, 0.15) is 5.56 Å². The fraction of sp³-hybridized carbons (Fsp3) is 0.400. The first-order valence-electron chi connectivity index (χ1n) is 5.19. The van der Waals surface area contributed by atoms with Gasteiger partial charge in [0.1, 0.15) is 11.5 Å². The molecule has 0 aliphatic rings. The Bertz CT molecular complexity index is 510. The Morgan fingerprint density at radius 1 is 1.45 bits per heavy atom. The zero-order chi connectivity index (χ0) is 15.5. The number of anilines is 1. The lowest BCUT2D eigenvalue weighted by molar-refractivity contribution is -0.384.